The number of rotatable bonds is 20. The first-order valence-electron chi connectivity index (χ1n) is 12.7. The van der Waals surface area contributed by atoms with E-state index >= 15 is 0 Å². The van der Waals surface area contributed by atoms with E-state index in [2.05, 4.69) is 19.9 Å². The van der Waals surface area contributed by atoms with Gasteiger partial charge in [0.2, 0.25) is 0 Å². The Labute approximate surface area is 186 Å². The van der Waals surface area contributed by atoms with Crippen molar-refractivity contribution >= 4 is 11.8 Å². The lowest BCUT2D eigenvalue weighted by Crippen LogP contribution is -1.87. The maximum absolute atomic E-state index is 11.8. The van der Waals surface area contributed by atoms with Crippen molar-refractivity contribution in [2.45, 2.75) is 134 Å². The molecule has 0 heterocycles. The molecule has 0 aliphatic carbocycles. The van der Waals surface area contributed by atoms with E-state index in [-0.39, 0.29) is 5.75 Å². The largest absolute Gasteiger partial charge is 0.290 e. The van der Waals surface area contributed by atoms with Crippen LogP contribution in [0.25, 0.3) is 0 Å². The molecular weight excluding hydrogens is 372 g/mol. The van der Waals surface area contributed by atoms with E-state index in [1.165, 1.54) is 113 Å². The van der Waals surface area contributed by atoms with Gasteiger partial charge in [-0.15, -0.1) is 11.8 Å². The minimum atomic E-state index is 0.207. The summed E-state index contributed by atoms with van der Waals surface area (Å²) >= 11 is 1.92. The number of benzene rings is 1. The predicted octanol–water partition coefficient (Wildman–Crippen LogP) is 10.1. The number of hydrogen-bond acceptors (Lipinski definition) is 1. The molecule has 0 atom stereocenters. The Balaban J connectivity index is 1.84. The molecular formula is C27H47OS. The highest BCUT2D eigenvalue weighted by Crippen LogP contribution is 2.27. The molecule has 0 saturated carbocycles. The summed E-state index contributed by atoms with van der Waals surface area (Å²) in [5, 5.41) is 11.8. The molecule has 2 heteroatoms. The van der Waals surface area contributed by atoms with E-state index in [9.17, 15) is 5.11 Å². The first-order chi connectivity index (χ1) is 14.3. The molecule has 0 aliphatic rings. The summed E-state index contributed by atoms with van der Waals surface area (Å²) in [5.41, 5.74) is 0.990. The van der Waals surface area contributed by atoms with Crippen LogP contribution in [0.5, 0.6) is 5.75 Å². The zero-order valence-electron chi connectivity index (χ0n) is 19.5. The van der Waals surface area contributed by atoms with Gasteiger partial charge in [0.1, 0.15) is 0 Å². The van der Waals surface area contributed by atoms with E-state index in [1.807, 2.05) is 17.8 Å². The Bertz CT molecular complexity index is 485. The smallest absolute Gasteiger partial charge is 0.181 e. The lowest BCUT2D eigenvalue weighted by Gasteiger charge is -2.06. The predicted molar refractivity (Wildman–Crippen MR) is 131 cm³/mol. The Morgan fingerprint density at radius 1 is 0.621 bits per heavy atom. The van der Waals surface area contributed by atoms with Gasteiger partial charge in [0.05, 0.1) is 0 Å². The van der Waals surface area contributed by atoms with Gasteiger partial charge < -0.3 is 0 Å². The summed E-state index contributed by atoms with van der Waals surface area (Å²) in [7, 11) is 0. The highest BCUT2D eigenvalue weighted by Gasteiger charge is 2.04. The second kappa shape index (κ2) is 19.3. The molecule has 0 amide bonds. The van der Waals surface area contributed by atoms with Crippen molar-refractivity contribution in [3.63, 3.8) is 0 Å². The van der Waals surface area contributed by atoms with Gasteiger partial charge in [-0.3, -0.25) is 5.11 Å². The van der Waals surface area contributed by atoms with E-state index < -0.39 is 0 Å². The normalized spacial score (nSPS) is 11.2. The topological polar surface area (TPSA) is 19.9 Å². The standard InChI is InChI=1S/C27H47OS/c1-3-5-6-7-8-9-10-11-12-13-14-15-16-17-18-19-23-29-26-21-22-27(28)25(24-26)20-4-2/h21-22,24H,3-20,23H2,1-2H3. The fourth-order valence-electron chi connectivity index (χ4n) is 3.95. The van der Waals surface area contributed by atoms with Crippen LogP contribution in [-0.4, -0.2) is 5.75 Å². The maximum atomic E-state index is 11.8. The molecule has 0 bridgehead atoms. The molecule has 1 aromatic rings. The van der Waals surface area contributed by atoms with Crippen LogP contribution in [0.1, 0.15) is 129 Å². The zero-order chi connectivity index (χ0) is 21.0. The SMILES string of the molecule is CCCCCCCCCCCCCCCCCCSc1ccc([O])c(CCC)c1. The van der Waals surface area contributed by atoms with E-state index in [4.69, 9.17) is 0 Å². The van der Waals surface area contributed by atoms with Crippen LogP contribution in [0.2, 0.25) is 0 Å². The molecule has 1 rings (SSSR count). The van der Waals surface area contributed by atoms with Crippen LogP contribution in [-0.2, 0) is 11.5 Å². The van der Waals surface area contributed by atoms with Crippen molar-refractivity contribution in [2.75, 3.05) is 5.75 Å². The summed E-state index contributed by atoms with van der Waals surface area (Å²) in [5.74, 6) is 1.39. The molecule has 0 aliphatic heterocycles. The van der Waals surface area contributed by atoms with Crippen molar-refractivity contribution in [1.82, 2.24) is 0 Å². The summed E-state index contributed by atoms with van der Waals surface area (Å²) in [6, 6.07) is 5.86. The van der Waals surface area contributed by atoms with Crippen LogP contribution in [0, 0.1) is 0 Å². The molecule has 0 spiro atoms. The molecule has 0 N–H and O–H groups in total. The quantitative estimate of drug-likeness (QED) is 0.152. The summed E-state index contributed by atoms with van der Waals surface area (Å²) in [6.45, 7) is 4.43. The summed E-state index contributed by atoms with van der Waals surface area (Å²) in [6.07, 6.45) is 24.7. The molecule has 0 saturated heterocycles. The van der Waals surface area contributed by atoms with Gasteiger partial charge in [0.15, 0.2) is 5.75 Å². The lowest BCUT2D eigenvalue weighted by molar-refractivity contribution is 0.349. The molecule has 1 nitrogen and oxygen atoms in total. The van der Waals surface area contributed by atoms with Crippen LogP contribution in [0.15, 0.2) is 23.1 Å². The van der Waals surface area contributed by atoms with Gasteiger partial charge in [0, 0.05) is 10.5 Å². The molecule has 0 fully saturated rings. The Morgan fingerprint density at radius 3 is 1.59 bits per heavy atom. The number of thioether (sulfide) groups is 1. The van der Waals surface area contributed by atoms with E-state index in [0.29, 0.717) is 0 Å². The monoisotopic (exact) mass is 419 g/mol. The molecule has 0 aromatic heterocycles. The fourth-order valence-corrected chi connectivity index (χ4v) is 4.92. The van der Waals surface area contributed by atoms with Gasteiger partial charge in [-0.2, -0.15) is 0 Å². The van der Waals surface area contributed by atoms with Crippen molar-refractivity contribution in [3.05, 3.63) is 23.8 Å². The molecule has 29 heavy (non-hydrogen) atoms. The second-order valence-corrected chi connectivity index (χ2v) is 9.84. The maximum Gasteiger partial charge on any atom is 0.181 e. The Morgan fingerprint density at radius 2 is 1.10 bits per heavy atom. The van der Waals surface area contributed by atoms with Crippen molar-refractivity contribution in [2.24, 2.45) is 0 Å². The average molecular weight is 420 g/mol. The highest BCUT2D eigenvalue weighted by atomic mass is 32.2. The first-order valence-corrected chi connectivity index (χ1v) is 13.7. The van der Waals surface area contributed by atoms with Crippen LogP contribution in [0.3, 0.4) is 0 Å². The van der Waals surface area contributed by atoms with Gasteiger partial charge >= 0.3 is 0 Å². The van der Waals surface area contributed by atoms with E-state index in [0.717, 1.165) is 18.4 Å². The van der Waals surface area contributed by atoms with Crippen molar-refractivity contribution < 1.29 is 5.11 Å². The first kappa shape index (κ1) is 26.4. The highest BCUT2D eigenvalue weighted by molar-refractivity contribution is 7.99. The molecule has 0 unspecified atom stereocenters. The number of aryl methyl sites for hydroxylation is 1. The molecule has 167 valence electrons. The zero-order valence-corrected chi connectivity index (χ0v) is 20.3. The van der Waals surface area contributed by atoms with E-state index in [1.54, 1.807) is 6.07 Å². The van der Waals surface area contributed by atoms with Gasteiger partial charge in [-0.1, -0.05) is 117 Å². The fraction of sp³-hybridized carbons (Fsp3) is 0.778. The molecule has 1 radical (unpaired) electrons. The third-order valence-corrected chi connectivity index (χ3v) is 6.90. The van der Waals surface area contributed by atoms with Gasteiger partial charge in [-0.05, 0) is 36.8 Å². The van der Waals surface area contributed by atoms with Crippen molar-refractivity contribution in [3.8, 4) is 5.75 Å². The summed E-state index contributed by atoms with van der Waals surface area (Å²) < 4.78 is 0. The average Bonchev–Trinajstić information content (AvgIpc) is 2.72. The molecule has 1 aromatic carbocycles. The minimum absolute atomic E-state index is 0.207. The minimum Gasteiger partial charge on any atom is -0.290 e. The van der Waals surface area contributed by atoms with Crippen molar-refractivity contribution in [1.29, 1.82) is 0 Å². The van der Waals surface area contributed by atoms with Gasteiger partial charge in [0.25, 0.3) is 0 Å². The summed E-state index contributed by atoms with van der Waals surface area (Å²) in [4.78, 5) is 1.27. The number of unbranched alkanes of at least 4 members (excludes halogenated alkanes) is 15. The van der Waals surface area contributed by atoms with Crippen LogP contribution < -0.4 is 0 Å². The Kier molecular flexibility index (Phi) is 17.6. The van der Waals surface area contributed by atoms with Crippen LogP contribution in [0.4, 0.5) is 0 Å². The Hall–Kier alpha value is -0.630. The second-order valence-electron chi connectivity index (χ2n) is 8.67. The van der Waals surface area contributed by atoms with Crippen LogP contribution >= 0.6 is 11.8 Å². The lowest BCUT2D eigenvalue weighted by atomic mass is 10.0. The number of hydrogen-bond donors (Lipinski definition) is 0. The third-order valence-electron chi connectivity index (χ3n) is 5.82. The van der Waals surface area contributed by atoms with Gasteiger partial charge in [-0.25, -0.2) is 0 Å². The third kappa shape index (κ3) is 14.9.